The highest BCUT2D eigenvalue weighted by molar-refractivity contribution is 5.52. The number of hydrogen-bond donors (Lipinski definition) is 1. The molecule has 2 heterocycles. The van der Waals surface area contributed by atoms with E-state index in [4.69, 9.17) is 9.47 Å². The quantitative estimate of drug-likeness (QED) is 0.597. The zero-order valence-corrected chi connectivity index (χ0v) is 9.46. The van der Waals surface area contributed by atoms with Gasteiger partial charge >= 0.3 is 5.82 Å². The van der Waals surface area contributed by atoms with Crippen molar-refractivity contribution in [3.63, 3.8) is 0 Å². The number of aryl methyl sites for hydroxylation is 1. The van der Waals surface area contributed by atoms with Gasteiger partial charge in [-0.15, -0.1) is 0 Å². The van der Waals surface area contributed by atoms with Crippen molar-refractivity contribution >= 4 is 11.6 Å². The van der Waals surface area contributed by atoms with Crippen molar-refractivity contribution in [3.8, 4) is 0 Å². The Morgan fingerprint density at radius 1 is 1.71 bits per heavy atom. The van der Waals surface area contributed by atoms with Crippen LogP contribution in [0.1, 0.15) is 0 Å². The molecule has 17 heavy (non-hydrogen) atoms. The number of nitrogens with one attached hydrogen (secondary N) is 1. The number of imidazole rings is 1. The van der Waals surface area contributed by atoms with Gasteiger partial charge in [-0.25, -0.2) is 0 Å². The van der Waals surface area contributed by atoms with Gasteiger partial charge in [0.15, 0.2) is 0 Å². The Balaban J connectivity index is 1.97. The molecule has 1 N–H and O–H groups in total. The first-order valence-corrected chi connectivity index (χ1v) is 5.27. The molecule has 1 aromatic rings. The van der Waals surface area contributed by atoms with Gasteiger partial charge in [0.1, 0.15) is 0 Å². The highest BCUT2D eigenvalue weighted by Crippen LogP contribution is 2.21. The largest absolute Gasteiger partial charge is 0.406 e. The molecule has 8 nitrogen and oxygen atoms in total. The summed E-state index contributed by atoms with van der Waals surface area (Å²) in [4.78, 5) is 13.9. The normalized spacial score (nSPS) is 20.2. The van der Waals surface area contributed by atoms with Gasteiger partial charge in [0.05, 0.1) is 25.9 Å². The van der Waals surface area contributed by atoms with Crippen LogP contribution in [-0.4, -0.2) is 46.9 Å². The van der Waals surface area contributed by atoms with Gasteiger partial charge in [0.25, 0.3) is 0 Å². The lowest BCUT2D eigenvalue weighted by Crippen LogP contribution is -2.34. The van der Waals surface area contributed by atoms with Gasteiger partial charge in [-0.2, -0.15) is 0 Å². The molecule has 0 saturated carbocycles. The predicted octanol–water partition coefficient (Wildman–Crippen LogP) is 0.156. The summed E-state index contributed by atoms with van der Waals surface area (Å²) < 4.78 is 12.2. The number of hydrogen-bond acceptors (Lipinski definition) is 6. The molecule has 0 aromatic carbocycles. The molecular formula is C9H14N4O4. The SMILES string of the molecule is Cn1cnc([N+](=O)[O-])c1NCC1COCCO1. The smallest absolute Gasteiger partial charge is 0.376 e. The van der Waals surface area contributed by atoms with Gasteiger partial charge in [-0.3, -0.25) is 4.57 Å². The molecule has 8 heteroatoms. The molecule has 0 spiro atoms. The van der Waals surface area contributed by atoms with Crippen LogP contribution in [0, 0.1) is 10.1 Å². The fourth-order valence-corrected chi connectivity index (χ4v) is 1.62. The minimum atomic E-state index is -0.513. The standard InChI is InChI=1S/C9H14N4O4/c1-12-6-11-9(13(14)15)8(12)10-4-7-5-16-2-3-17-7/h6-7,10H,2-5H2,1H3. The predicted molar refractivity (Wildman–Crippen MR) is 58.9 cm³/mol. The fraction of sp³-hybridized carbons (Fsp3) is 0.667. The van der Waals surface area contributed by atoms with Crippen LogP contribution in [0.2, 0.25) is 0 Å². The van der Waals surface area contributed by atoms with Crippen LogP contribution in [0.25, 0.3) is 0 Å². The van der Waals surface area contributed by atoms with Gasteiger partial charge < -0.3 is 24.9 Å². The van der Waals surface area contributed by atoms with Crippen LogP contribution in [0.4, 0.5) is 11.6 Å². The van der Waals surface area contributed by atoms with Crippen LogP contribution in [0.3, 0.4) is 0 Å². The zero-order valence-electron chi connectivity index (χ0n) is 9.46. The van der Waals surface area contributed by atoms with E-state index in [1.54, 1.807) is 11.6 Å². The Morgan fingerprint density at radius 3 is 3.18 bits per heavy atom. The van der Waals surface area contributed by atoms with E-state index in [0.29, 0.717) is 32.2 Å². The van der Waals surface area contributed by atoms with Gasteiger partial charge in [-0.05, 0) is 9.91 Å². The summed E-state index contributed by atoms with van der Waals surface area (Å²) in [5, 5.41) is 13.7. The summed E-state index contributed by atoms with van der Waals surface area (Å²) in [6.07, 6.45) is 1.32. The first-order chi connectivity index (χ1) is 8.18. The Hall–Kier alpha value is -1.67. The third-order valence-corrected chi connectivity index (χ3v) is 2.47. The highest BCUT2D eigenvalue weighted by atomic mass is 16.6. The van der Waals surface area contributed by atoms with E-state index in [0.717, 1.165) is 0 Å². The molecule has 94 valence electrons. The molecule has 1 fully saturated rings. The summed E-state index contributed by atoms with van der Waals surface area (Å²) in [6.45, 7) is 2.11. The minimum Gasteiger partial charge on any atom is -0.376 e. The Bertz CT molecular complexity index is 400. The number of aromatic nitrogens is 2. The summed E-state index contributed by atoms with van der Waals surface area (Å²) in [6, 6.07) is 0. The lowest BCUT2D eigenvalue weighted by atomic mass is 10.3. The maximum absolute atomic E-state index is 10.7. The lowest BCUT2D eigenvalue weighted by Gasteiger charge is -2.23. The Morgan fingerprint density at radius 2 is 2.53 bits per heavy atom. The molecule has 2 rings (SSSR count). The maximum Gasteiger partial charge on any atom is 0.406 e. The summed E-state index contributed by atoms with van der Waals surface area (Å²) in [5.41, 5.74) is 0. The maximum atomic E-state index is 10.7. The molecular weight excluding hydrogens is 228 g/mol. The molecule has 1 atom stereocenters. The number of anilines is 1. The van der Waals surface area contributed by atoms with Crippen LogP contribution in [-0.2, 0) is 16.5 Å². The summed E-state index contributed by atoms with van der Waals surface area (Å²) in [7, 11) is 1.70. The number of rotatable bonds is 4. The molecule has 0 bridgehead atoms. The van der Waals surface area contributed by atoms with Crippen molar-refractivity contribution in [1.82, 2.24) is 9.55 Å². The van der Waals surface area contributed by atoms with Crippen molar-refractivity contribution < 1.29 is 14.4 Å². The number of nitro groups is 1. The lowest BCUT2D eigenvalue weighted by molar-refractivity contribution is -0.388. The first-order valence-electron chi connectivity index (χ1n) is 5.27. The highest BCUT2D eigenvalue weighted by Gasteiger charge is 2.21. The second-order valence-corrected chi connectivity index (χ2v) is 3.73. The Labute approximate surface area is 97.7 Å². The number of ether oxygens (including phenoxy) is 2. The topological polar surface area (TPSA) is 91.5 Å². The van der Waals surface area contributed by atoms with Crippen LogP contribution < -0.4 is 5.32 Å². The van der Waals surface area contributed by atoms with Gasteiger partial charge in [-0.1, -0.05) is 0 Å². The molecule has 1 aliphatic heterocycles. The van der Waals surface area contributed by atoms with E-state index in [1.165, 1.54) is 6.33 Å². The molecule has 0 radical (unpaired) electrons. The van der Waals surface area contributed by atoms with Crippen LogP contribution in [0.15, 0.2) is 6.33 Å². The third kappa shape index (κ3) is 2.71. The van der Waals surface area contributed by atoms with Crippen LogP contribution in [0.5, 0.6) is 0 Å². The van der Waals surface area contributed by atoms with Crippen molar-refractivity contribution in [2.75, 3.05) is 31.7 Å². The zero-order chi connectivity index (χ0) is 12.3. The van der Waals surface area contributed by atoms with Gasteiger partial charge in [0, 0.05) is 13.6 Å². The molecule has 1 aliphatic rings. The van der Waals surface area contributed by atoms with Crippen molar-refractivity contribution in [2.24, 2.45) is 7.05 Å². The second kappa shape index (κ2) is 5.11. The summed E-state index contributed by atoms with van der Waals surface area (Å²) in [5.74, 6) is 0.202. The fourth-order valence-electron chi connectivity index (χ4n) is 1.62. The Kier molecular flexibility index (Phi) is 3.55. The molecule has 1 unspecified atom stereocenters. The van der Waals surface area contributed by atoms with E-state index in [2.05, 4.69) is 10.3 Å². The minimum absolute atomic E-state index is 0.0849. The third-order valence-electron chi connectivity index (χ3n) is 2.47. The van der Waals surface area contributed by atoms with E-state index < -0.39 is 4.92 Å². The van der Waals surface area contributed by atoms with E-state index in [1.807, 2.05) is 0 Å². The van der Waals surface area contributed by atoms with Crippen molar-refractivity contribution in [2.45, 2.75) is 6.10 Å². The average Bonchev–Trinajstić information content (AvgIpc) is 2.69. The van der Waals surface area contributed by atoms with Gasteiger partial charge in [0.2, 0.25) is 12.1 Å². The van der Waals surface area contributed by atoms with Crippen molar-refractivity contribution in [3.05, 3.63) is 16.4 Å². The van der Waals surface area contributed by atoms with E-state index in [9.17, 15) is 10.1 Å². The molecule has 0 aliphatic carbocycles. The average molecular weight is 242 g/mol. The molecule has 0 amide bonds. The van der Waals surface area contributed by atoms with E-state index >= 15 is 0 Å². The van der Waals surface area contributed by atoms with Crippen molar-refractivity contribution in [1.29, 1.82) is 0 Å². The molecule has 1 saturated heterocycles. The first kappa shape index (κ1) is 11.8. The second-order valence-electron chi connectivity index (χ2n) is 3.73. The number of nitrogens with zero attached hydrogens (tertiary/aromatic N) is 3. The van der Waals surface area contributed by atoms with E-state index in [-0.39, 0.29) is 11.9 Å². The summed E-state index contributed by atoms with van der Waals surface area (Å²) >= 11 is 0. The van der Waals surface area contributed by atoms with Crippen LogP contribution >= 0.6 is 0 Å². The molecule has 1 aromatic heterocycles. The monoisotopic (exact) mass is 242 g/mol.